The lowest BCUT2D eigenvalue weighted by atomic mass is 9.83. The minimum atomic E-state index is -0.654. The maximum Gasteiger partial charge on any atom is 0.166 e. The van der Waals surface area contributed by atoms with E-state index in [1.807, 2.05) is 20.8 Å². The molecule has 0 aliphatic rings. The molecule has 0 radical (unpaired) electrons. The second kappa shape index (κ2) is 4.10. The second-order valence-corrected chi connectivity index (χ2v) is 5.58. The maximum atomic E-state index is 13.3. The highest BCUT2D eigenvalue weighted by Crippen LogP contribution is 2.37. The number of aromatic hydroxyl groups is 1. The minimum Gasteiger partial charge on any atom is -0.505 e. The molecular weight excluding hydrogens is 261 g/mol. The van der Waals surface area contributed by atoms with Gasteiger partial charge in [0.2, 0.25) is 0 Å². The summed E-state index contributed by atoms with van der Waals surface area (Å²) in [6, 6.07) is 2.45. The topological polar surface area (TPSA) is 46.2 Å². The van der Waals surface area contributed by atoms with Crippen molar-refractivity contribution in [2.45, 2.75) is 26.8 Å². The van der Waals surface area contributed by atoms with E-state index in [1.54, 1.807) is 6.07 Å². The summed E-state index contributed by atoms with van der Waals surface area (Å²) in [4.78, 5) is 0. The Labute approximate surface area is 97.4 Å². The molecule has 0 aliphatic heterocycles. The van der Waals surface area contributed by atoms with E-state index in [9.17, 15) is 9.50 Å². The number of phenols is 1. The maximum absolute atomic E-state index is 13.3. The van der Waals surface area contributed by atoms with Crippen molar-refractivity contribution in [2.75, 3.05) is 0 Å². The van der Waals surface area contributed by atoms with E-state index in [-0.39, 0.29) is 11.2 Å². The molecule has 0 bridgehead atoms. The van der Waals surface area contributed by atoms with Gasteiger partial charge in [-0.05, 0) is 17.5 Å². The summed E-state index contributed by atoms with van der Waals surface area (Å²) in [6.07, 6.45) is 0. The molecule has 2 nitrogen and oxygen atoms in total. The number of phenolic OH excluding ortho intramolecular Hbond substituents is 1. The molecule has 1 rings (SSSR count). The van der Waals surface area contributed by atoms with Crippen LogP contribution >= 0.6 is 15.9 Å². The molecule has 0 saturated carbocycles. The van der Waals surface area contributed by atoms with Crippen LogP contribution in [-0.4, -0.2) is 5.11 Å². The Morgan fingerprint density at radius 2 is 1.93 bits per heavy atom. The zero-order valence-corrected chi connectivity index (χ0v) is 10.6. The molecule has 0 heterocycles. The lowest BCUT2D eigenvalue weighted by molar-refractivity contribution is 0.313. The number of hydrogen-bond donors (Lipinski definition) is 2. The van der Waals surface area contributed by atoms with Crippen molar-refractivity contribution in [1.82, 2.24) is 0 Å². The summed E-state index contributed by atoms with van der Waals surface area (Å²) in [5.41, 5.74) is 6.16. The van der Waals surface area contributed by atoms with Crippen molar-refractivity contribution in [2.24, 2.45) is 11.1 Å². The summed E-state index contributed by atoms with van der Waals surface area (Å²) in [7, 11) is 0. The molecule has 1 aromatic rings. The standard InChI is InChI=1S/C11H15BrFNO/c1-11(2,3)10(14)7-4-6(12)5-8(13)9(7)15/h4-5,10,15H,14H2,1-3H3. The van der Waals surface area contributed by atoms with E-state index in [0.29, 0.717) is 10.0 Å². The molecule has 15 heavy (non-hydrogen) atoms. The van der Waals surface area contributed by atoms with Crippen LogP contribution in [0.2, 0.25) is 0 Å². The van der Waals surface area contributed by atoms with Crippen LogP contribution in [0.5, 0.6) is 5.75 Å². The SMILES string of the molecule is CC(C)(C)C(N)c1cc(Br)cc(F)c1O. The smallest absolute Gasteiger partial charge is 0.166 e. The van der Waals surface area contributed by atoms with Crippen LogP contribution in [0.1, 0.15) is 32.4 Å². The van der Waals surface area contributed by atoms with Gasteiger partial charge >= 0.3 is 0 Å². The largest absolute Gasteiger partial charge is 0.505 e. The highest BCUT2D eigenvalue weighted by atomic mass is 79.9. The van der Waals surface area contributed by atoms with Crippen LogP contribution in [0.25, 0.3) is 0 Å². The van der Waals surface area contributed by atoms with Crippen LogP contribution in [0.3, 0.4) is 0 Å². The fourth-order valence-electron chi connectivity index (χ4n) is 1.29. The molecule has 4 heteroatoms. The molecule has 1 aromatic carbocycles. The molecule has 0 fully saturated rings. The molecule has 1 atom stereocenters. The Bertz CT molecular complexity index is 374. The summed E-state index contributed by atoms with van der Waals surface area (Å²) in [5, 5.41) is 9.58. The van der Waals surface area contributed by atoms with E-state index < -0.39 is 11.9 Å². The molecule has 0 aliphatic carbocycles. The lowest BCUT2D eigenvalue weighted by Crippen LogP contribution is -2.26. The van der Waals surface area contributed by atoms with Gasteiger partial charge in [-0.2, -0.15) is 0 Å². The van der Waals surface area contributed by atoms with Crippen molar-refractivity contribution >= 4 is 15.9 Å². The summed E-state index contributed by atoms with van der Waals surface area (Å²) in [5.74, 6) is -1.01. The van der Waals surface area contributed by atoms with Crippen molar-refractivity contribution < 1.29 is 9.50 Å². The first kappa shape index (κ1) is 12.5. The van der Waals surface area contributed by atoms with Crippen LogP contribution in [-0.2, 0) is 0 Å². The minimum absolute atomic E-state index is 0.231. The van der Waals surface area contributed by atoms with Crippen LogP contribution in [0.4, 0.5) is 4.39 Å². The van der Waals surface area contributed by atoms with Crippen molar-refractivity contribution in [3.8, 4) is 5.75 Å². The van der Waals surface area contributed by atoms with Crippen molar-refractivity contribution in [1.29, 1.82) is 0 Å². The van der Waals surface area contributed by atoms with Gasteiger partial charge in [0, 0.05) is 16.1 Å². The summed E-state index contributed by atoms with van der Waals surface area (Å²) >= 11 is 3.18. The number of rotatable bonds is 1. The predicted molar refractivity (Wildman–Crippen MR) is 62.1 cm³/mol. The monoisotopic (exact) mass is 275 g/mol. The zero-order valence-electron chi connectivity index (χ0n) is 9.01. The average Bonchev–Trinajstić information content (AvgIpc) is 2.08. The Hall–Kier alpha value is -0.610. The van der Waals surface area contributed by atoms with E-state index in [1.165, 1.54) is 6.07 Å². The molecule has 0 spiro atoms. The van der Waals surface area contributed by atoms with Crippen LogP contribution < -0.4 is 5.73 Å². The third-order valence-electron chi connectivity index (χ3n) is 2.33. The number of hydrogen-bond acceptors (Lipinski definition) is 2. The van der Waals surface area contributed by atoms with Gasteiger partial charge in [-0.3, -0.25) is 0 Å². The fraction of sp³-hybridized carbons (Fsp3) is 0.455. The van der Waals surface area contributed by atoms with Crippen LogP contribution in [0.15, 0.2) is 16.6 Å². The summed E-state index contributed by atoms with van der Waals surface area (Å²) < 4.78 is 13.8. The van der Waals surface area contributed by atoms with Gasteiger partial charge in [-0.1, -0.05) is 36.7 Å². The van der Waals surface area contributed by atoms with E-state index >= 15 is 0 Å². The van der Waals surface area contributed by atoms with Gasteiger partial charge in [0.25, 0.3) is 0 Å². The van der Waals surface area contributed by atoms with Gasteiger partial charge in [0.1, 0.15) is 0 Å². The lowest BCUT2D eigenvalue weighted by Gasteiger charge is -2.28. The normalized spacial score (nSPS) is 14.0. The first-order valence-corrected chi connectivity index (χ1v) is 5.46. The number of nitrogens with two attached hydrogens (primary N) is 1. The van der Waals surface area contributed by atoms with E-state index in [4.69, 9.17) is 5.73 Å². The third-order valence-corrected chi connectivity index (χ3v) is 2.78. The van der Waals surface area contributed by atoms with Gasteiger partial charge in [-0.25, -0.2) is 4.39 Å². The molecular formula is C11H15BrFNO. The van der Waals surface area contributed by atoms with E-state index in [0.717, 1.165) is 0 Å². The molecule has 0 amide bonds. The Balaban J connectivity index is 3.25. The predicted octanol–water partition coefficient (Wildman–Crippen LogP) is 3.34. The first-order chi connectivity index (χ1) is 6.73. The quantitative estimate of drug-likeness (QED) is 0.826. The van der Waals surface area contributed by atoms with Gasteiger partial charge in [0.05, 0.1) is 0 Å². The fourth-order valence-corrected chi connectivity index (χ4v) is 1.74. The zero-order chi connectivity index (χ0) is 11.8. The highest BCUT2D eigenvalue weighted by Gasteiger charge is 2.26. The molecule has 84 valence electrons. The first-order valence-electron chi connectivity index (χ1n) is 4.67. The van der Waals surface area contributed by atoms with Gasteiger partial charge in [0.15, 0.2) is 11.6 Å². The Morgan fingerprint density at radius 3 is 2.40 bits per heavy atom. The second-order valence-electron chi connectivity index (χ2n) is 4.67. The molecule has 3 N–H and O–H groups in total. The average molecular weight is 276 g/mol. The third kappa shape index (κ3) is 2.69. The number of halogens is 2. The molecule has 0 saturated heterocycles. The summed E-state index contributed by atoms with van der Waals surface area (Å²) in [6.45, 7) is 5.82. The molecule has 0 aromatic heterocycles. The number of benzene rings is 1. The molecule has 1 unspecified atom stereocenters. The Kier molecular flexibility index (Phi) is 3.41. The van der Waals surface area contributed by atoms with E-state index in [2.05, 4.69) is 15.9 Å². The van der Waals surface area contributed by atoms with Crippen LogP contribution in [0, 0.1) is 11.2 Å². The Morgan fingerprint density at radius 1 is 1.40 bits per heavy atom. The van der Waals surface area contributed by atoms with Gasteiger partial charge in [-0.15, -0.1) is 0 Å². The van der Waals surface area contributed by atoms with Crippen molar-refractivity contribution in [3.63, 3.8) is 0 Å². The highest BCUT2D eigenvalue weighted by molar-refractivity contribution is 9.10. The van der Waals surface area contributed by atoms with Crippen molar-refractivity contribution in [3.05, 3.63) is 28.0 Å². The van der Waals surface area contributed by atoms with Gasteiger partial charge < -0.3 is 10.8 Å².